The van der Waals surface area contributed by atoms with Crippen LogP contribution in [-0.4, -0.2) is 25.9 Å². The van der Waals surface area contributed by atoms with E-state index in [1.807, 2.05) is 0 Å². The molecule has 2 nitrogen and oxygen atoms in total. The fourth-order valence-corrected chi connectivity index (χ4v) is 2.66. The molecule has 0 amide bonds. The molecule has 2 atom stereocenters. The summed E-state index contributed by atoms with van der Waals surface area (Å²) in [4.78, 5) is 0.221. The Morgan fingerprint density at radius 3 is 2.65 bits per heavy atom. The Labute approximate surface area is 111 Å². The number of hydrogen-bond acceptors (Lipinski definition) is 2. The van der Waals surface area contributed by atoms with Gasteiger partial charge < -0.3 is 9.47 Å². The van der Waals surface area contributed by atoms with Crippen LogP contribution in [0.5, 0.6) is 0 Å². The van der Waals surface area contributed by atoms with Crippen LogP contribution < -0.4 is 0 Å². The highest BCUT2D eigenvalue weighted by Crippen LogP contribution is 2.30. The standard InChI is InChI=1S/C14H19BrO2/c1-2-3-11-4-6-12(7-5-11)14(15)13-10-16-8-9-17-13/h4-7,13-14H,2-3,8-10H2,1H3. The SMILES string of the molecule is CCCc1ccc(C(Br)C2COCCO2)cc1. The minimum absolute atomic E-state index is 0.126. The average Bonchev–Trinajstić information content (AvgIpc) is 2.40. The van der Waals surface area contributed by atoms with E-state index in [1.54, 1.807) is 0 Å². The monoisotopic (exact) mass is 298 g/mol. The summed E-state index contributed by atoms with van der Waals surface area (Å²) >= 11 is 3.71. The Morgan fingerprint density at radius 2 is 2.06 bits per heavy atom. The molecule has 17 heavy (non-hydrogen) atoms. The first-order chi connectivity index (χ1) is 8.31. The van der Waals surface area contributed by atoms with Crippen LogP contribution in [0.25, 0.3) is 0 Å². The predicted molar refractivity (Wildman–Crippen MR) is 72.7 cm³/mol. The molecular formula is C14H19BrO2. The molecule has 0 radical (unpaired) electrons. The maximum Gasteiger partial charge on any atom is 0.0975 e. The molecule has 0 saturated carbocycles. The molecule has 1 saturated heterocycles. The van der Waals surface area contributed by atoms with Gasteiger partial charge in [0, 0.05) is 0 Å². The van der Waals surface area contributed by atoms with Gasteiger partial charge in [-0.25, -0.2) is 0 Å². The van der Waals surface area contributed by atoms with Crippen molar-refractivity contribution in [2.45, 2.75) is 30.7 Å². The zero-order valence-corrected chi connectivity index (χ0v) is 11.8. The molecule has 0 aliphatic carbocycles. The third-order valence-corrected chi connectivity index (χ3v) is 4.12. The lowest BCUT2D eigenvalue weighted by Crippen LogP contribution is -2.31. The molecule has 3 heteroatoms. The van der Waals surface area contributed by atoms with Crippen molar-refractivity contribution < 1.29 is 9.47 Å². The van der Waals surface area contributed by atoms with Gasteiger partial charge >= 0.3 is 0 Å². The Bertz CT molecular complexity index is 331. The second-order valence-electron chi connectivity index (χ2n) is 4.38. The summed E-state index contributed by atoms with van der Waals surface area (Å²) in [5.41, 5.74) is 2.66. The molecule has 1 aromatic carbocycles. The lowest BCUT2D eigenvalue weighted by atomic mass is 10.0. The number of hydrogen-bond donors (Lipinski definition) is 0. The van der Waals surface area contributed by atoms with Crippen LogP contribution in [0.15, 0.2) is 24.3 Å². The Hall–Kier alpha value is -0.380. The van der Waals surface area contributed by atoms with Crippen LogP contribution in [-0.2, 0) is 15.9 Å². The zero-order valence-electron chi connectivity index (χ0n) is 10.2. The second kappa shape index (κ2) is 6.53. The van der Waals surface area contributed by atoms with Crippen molar-refractivity contribution in [1.82, 2.24) is 0 Å². The van der Waals surface area contributed by atoms with Crippen molar-refractivity contribution in [1.29, 1.82) is 0 Å². The van der Waals surface area contributed by atoms with E-state index in [9.17, 15) is 0 Å². The first-order valence-corrected chi connectivity index (χ1v) is 7.15. The van der Waals surface area contributed by atoms with Crippen molar-refractivity contribution in [2.24, 2.45) is 0 Å². The van der Waals surface area contributed by atoms with Gasteiger partial charge in [-0.3, -0.25) is 0 Å². The van der Waals surface area contributed by atoms with E-state index < -0.39 is 0 Å². The van der Waals surface area contributed by atoms with E-state index in [0.29, 0.717) is 19.8 Å². The molecule has 0 N–H and O–H groups in total. The van der Waals surface area contributed by atoms with Gasteiger partial charge in [-0.05, 0) is 17.5 Å². The summed E-state index contributed by atoms with van der Waals surface area (Å²) in [5.74, 6) is 0. The third kappa shape index (κ3) is 3.54. The summed E-state index contributed by atoms with van der Waals surface area (Å²) in [6.07, 6.45) is 2.47. The van der Waals surface area contributed by atoms with Crippen LogP contribution in [0, 0.1) is 0 Å². The minimum atomic E-state index is 0.126. The number of alkyl halides is 1. The van der Waals surface area contributed by atoms with Gasteiger partial charge in [0.05, 0.1) is 30.8 Å². The smallest absolute Gasteiger partial charge is 0.0975 e. The van der Waals surface area contributed by atoms with Gasteiger partial charge in [0.2, 0.25) is 0 Å². The Morgan fingerprint density at radius 1 is 1.29 bits per heavy atom. The summed E-state index contributed by atoms with van der Waals surface area (Å²) in [6, 6.07) is 8.78. The van der Waals surface area contributed by atoms with Gasteiger partial charge in [-0.1, -0.05) is 53.5 Å². The summed E-state index contributed by atoms with van der Waals surface area (Å²) in [7, 11) is 0. The van der Waals surface area contributed by atoms with Crippen molar-refractivity contribution in [3.8, 4) is 0 Å². The largest absolute Gasteiger partial charge is 0.376 e. The lowest BCUT2D eigenvalue weighted by molar-refractivity contribution is -0.0876. The third-order valence-electron chi connectivity index (χ3n) is 3.00. The first-order valence-electron chi connectivity index (χ1n) is 6.23. The van der Waals surface area contributed by atoms with Gasteiger partial charge in [0.1, 0.15) is 0 Å². The van der Waals surface area contributed by atoms with E-state index in [-0.39, 0.29) is 10.9 Å². The van der Waals surface area contributed by atoms with Gasteiger partial charge in [-0.15, -0.1) is 0 Å². The molecule has 0 bridgehead atoms. The van der Waals surface area contributed by atoms with E-state index in [4.69, 9.17) is 9.47 Å². The van der Waals surface area contributed by atoms with Crippen molar-refractivity contribution in [3.63, 3.8) is 0 Å². The van der Waals surface area contributed by atoms with Crippen molar-refractivity contribution in [2.75, 3.05) is 19.8 Å². The molecule has 2 unspecified atom stereocenters. The fraction of sp³-hybridized carbons (Fsp3) is 0.571. The molecule has 0 spiro atoms. The van der Waals surface area contributed by atoms with E-state index >= 15 is 0 Å². The summed E-state index contributed by atoms with van der Waals surface area (Å²) in [5, 5.41) is 0. The summed E-state index contributed by atoms with van der Waals surface area (Å²) < 4.78 is 11.1. The number of rotatable bonds is 4. The van der Waals surface area contributed by atoms with E-state index in [1.165, 1.54) is 17.5 Å². The van der Waals surface area contributed by atoms with Gasteiger partial charge in [0.25, 0.3) is 0 Å². The number of ether oxygens (including phenoxy) is 2. The molecule has 2 rings (SSSR count). The normalized spacial score (nSPS) is 22.4. The topological polar surface area (TPSA) is 18.5 Å². The Balaban J connectivity index is 2.00. The van der Waals surface area contributed by atoms with Crippen molar-refractivity contribution in [3.05, 3.63) is 35.4 Å². The molecule has 1 fully saturated rings. The van der Waals surface area contributed by atoms with Crippen LogP contribution in [0.2, 0.25) is 0 Å². The molecule has 1 aromatic rings. The second-order valence-corrected chi connectivity index (χ2v) is 5.36. The molecule has 94 valence electrons. The van der Waals surface area contributed by atoms with Crippen LogP contribution in [0.4, 0.5) is 0 Å². The quantitative estimate of drug-likeness (QED) is 0.792. The summed E-state index contributed by atoms with van der Waals surface area (Å²) in [6.45, 7) is 4.29. The zero-order chi connectivity index (χ0) is 12.1. The Kier molecular flexibility index (Phi) is 5.01. The predicted octanol–water partition coefficient (Wildman–Crippen LogP) is 3.49. The van der Waals surface area contributed by atoms with Crippen LogP contribution >= 0.6 is 15.9 Å². The number of halogens is 1. The average molecular weight is 299 g/mol. The van der Waals surface area contributed by atoms with E-state index in [0.717, 1.165) is 6.42 Å². The highest BCUT2D eigenvalue weighted by atomic mass is 79.9. The van der Waals surface area contributed by atoms with Gasteiger partial charge in [-0.2, -0.15) is 0 Å². The highest BCUT2D eigenvalue weighted by Gasteiger charge is 2.24. The molecule has 1 aliphatic heterocycles. The van der Waals surface area contributed by atoms with Crippen LogP contribution in [0.1, 0.15) is 29.3 Å². The first kappa shape index (κ1) is 13.1. The minimum Gasteiger partial charge on any atom is -0.376 e. The maximum atomic E-state index is 5.70. The molecule has 1 heterocycles. The fourth-order valence-electron chi connectivity index (χ4n) is 2.05. The molecule has 0 aromatic heterocycles. The van der Waals surface area contributed by atoms with Gasteiger partial charge in [0.15, 0.2) is 0 Å². The molecule has 1 aliphatic rings. The molecular weight excluding hydrogens is 280 g/mol. The van der Waals surface area contributed by atoms with Crippen molar-refractivity contribution >= 4 is 15.9 Å². The lowest BCUT2D eigenvalue weighted by Gasteiger charge is -2.27. The highest BCUT2D eigenvalue weighted by molar-refractivity contribution is 9.09. The maximum absolute atomic E-state index is 5.70. The van der Waals surface area contributed by atoms with E-state index in [2.05, 4.69) is 47.1 Å². The number of aryl methyl sites for hydroxylation is 1. The number of benzene rings is 1. The van der Waals surface area contributed by atoms with Crippen LogP contribution in [0.3, 0.4) is 0 Å².